The van der Waals surface area contributed by atoms with Gasteiger partial charge in [0.05, 0.1) is 6.42 Å². The molecule has 2 aromatic carbocycles. The third-order valence-corrected chi connectivity index (χ3v) is 5.41. The van der Waals surface area contributed by atoms with Gasteiger partial charge < -0.3 is 15.0 Å². The molecule has 0 atom stereocenters. The van der Waals surface area contributed by atoms with Gasteiger partial charge in [0.25, 0.3) is 0 Å². The Morgan fingerprint density at radius 2 is 1.87 bits per heavy atom. The van der Waals surface area contributed by atoms with Crippen molar-refractivity contribution < 1.29 is 9.53 Å². The van der Waals surface area contributed by atoms with Crippen molar-refractivity contribution in [3.05, 3.63) is 89.3 Å². The molecule has 0 unspecified atom stereocenters. The van der Waals surface area contributed by atoms with Crippen LogP contribution in [0.25, 0.3) is 22.6 Å². The van der Waals surface area contributed by atoms with Crippen molar-refractivity contribution >= 4 is 34.1 Å². The van der Waals surface area contributed by atoms with Gasteiger partial charge >= 0.3 is 0 Å². The first-order valence-electron chi connectivity index (χ1n) is 9.73. The van der Waals surface area contributed by atoms with E-state index in [9.17, 15) is 4.79 Å². The monoisotopic (exact) mass is 426 g/mol. The lowest BCUT2D eigenvalue weighted by molar-refractivity contribution is -0.115. The van der Waals surface area contributed by atoms with E-state index in [1.807, 2.05) is 71.4 Å². The molecule has 0 aliphatic carbocycles. The number of hydrogen-bond acceptors (Lipinski definition) is 5. The van der Waals surface area contributed by atoms with E-state index < -0.39 is 0 Å². The summed E-state index contributed by atoms with van der Waals surface area (Å²) in [5.41, 5.74) is 4.05. The first-order valence-corrected chi connectivity index (χ1v) is 10.7. The number of carbonyl (C=O) groups excluding carboxylic acids is 1. The number of fused-ring (bicyclic) bond motifs is 1. The van der Waals surface area contributed by atoms with E-state index in [0.29, 0.717) is 23.6 Å². The van der Waals surface area contributed by atoms with E-state index in [1.54, 1.807) is 23.6 Å². The standard InChI is InChI=1S/C24H18N4O2S/c29-21(14-16-4-2-1-3-5-16)26-18-6-8-19(9-7-18)30-20-10-12-25-24-22(20)27-23(28-24)17-11-13-31-15-17/h1-13,15H,14H2,(H,26,29)(H,25,27,28). The molecule has 5 aromatic rings. The topological polar surface area (TPSA) is 79.9 Å². The number of hydrogen-bond donors (Lipinski definition) is 2. The molecule has 0 radical (unpaired) electrons. The van der Waals surface area contributed by atoms with Gasteiger partial charge in [0.15, 0.2) is 11.4 Å². The Labute approximate surface area is 182 Å². The van der Waals surface area contributed by atoms with Crippen LogP contribution in [-0.2, 0) is 11.2 Å². The number of aromatic amines is 1. The van der Waals surface area contributed by atoms with Gasteiger partial charge in [-0.3, -0.25) is 4.79 Å². The van der Waals surface area contributed by atoms with E-state index in [2.05, 4.69) is 20.3 Å². The number of rotatable bonds is 6. The van der Waals surface area contributed by atoms with Gasteiger partial charge in [0, 0.05) is 28.9 Å². The summed E-state index contributed by atoms with van der Waals surface area (Å²) < 4.78 is 6.06. The van der Waals surface area contributed by atoms with Crippen LogP contribution in [0.4, 0.5) is 5.69 Å². The molecule has 7 heteroatoms. The summed E-state index contributed by atoms with van der Waals surface area (Å²) in [5.74, 6) is 1.99. The molecule has 0 aliphatic rings. The predicted molar refractivity (Wildman–Crippen MR) is 122 cm³/mol. The van der Waals surface area contributed by atoms with Gasteiger partial charge in [-0.2, -0.15) is 11.3 Å². The normalized spacial score (nSPS) is 10.8. The fraction of sp³-hybridized carbons (Fsp3) is 0.0417. The third-order valence-electron chi connectivity index (χ3n) is 4.72. The minimum Gasteiger partial charge on any atom is -0.455 e. The van der Waals surface area contributed by atoms with E-state index >= 15 is 0 Å². The van der Waals surface area contributed by atoms with Crippen molar-refractivity contribution in [2.45, 2.75) is 6.42 Å². The molecular formula is C24H18N4O2S. The minimum absolute atomic E-state index is 0.0610. The fourth-order valence-corrected chi connectivity index (χ4v) is 3.87. The van der Waals surface area contributed by atoms with Gasteiger partial charge in [-0.1, -0.05) is 30.3 Å². The van der Waals surface area contributed by atoms with Crippen molar-refractivity contribution in [2.75, 3.05) is 5.32 Å². The first kappa shape index (κ1) is 19.0. The van der Waals surface area contributed by atoms with Crippen molar-refractivity contribution in [2.24, 2.45) is 0 Å². The van der Waals surface area contributed by atoms with Crippen LogP contribution in [0.3, 0.4) is 0 Å². The minimum atomic E-state index is -0.0610. The zero-order valence-electron chi connectivity index (χ0n) is 16.4. The highest BCUT2D eigenvalue weighted by Gasteiger charge is 2.12. The lowest BCUT2D eigenvalue weighted by Crippen LogP contribution is -2.14. The van der Waals surface area contributed by atoms with Crippen LogP contribution >= 0.6 is 11.3 Å². The molecule has 0 saturated heterocycles. The van der Waals surface area contributed by atoms with Gasteiger partial charge in [0.2, 0.25) is 5.91 Å². The molecule has 0 saturated carbocycles. The summed E-state index contributed by atoms with van der Waals surface area (Å²) in [4.78, 5) is 24.4. The number of thiophene rings is 1. The molecule has 0 bridgehead atoms. The summed E-state index contributed by atoms with van der Waals surface area (Å²) in [7, 11) is 0. The highest BCUT2D eigenvalue weighted by molar-refractivity contribution is 7.08. The summed E-state index contributed by atoms with van der Waals surface area (Å²) >= 11 is 1.62. The van der Waals surface area contributed by atoms with E-state index in [1.165, 1.54) is 0 Å². The molecular weight excluding hydrogens is 408 g/mol. The number of amides is 1. The molecule has 3 aromatic heterocycles. The molecule has 1 amide bonds. The lowest BCUT2D eigenvalue weighted by Gasteiger charge is -2.08. The first-order chi connectivity index (χ1) is 15.2. The molecule has 0 spiro atoms. The van der Waals surface area contributed by atoms with Crippen LogP contribution < -0.4 is 10.1 Å². The van der Waals surface area contributed by atoms with Crippen LogP contribution in [0.1, 0.15) is 5.56 Å². The average Bonchev–Trinajstić information content (AvgIpc) is 3.46. The number of nitrogens with one attached hydrogen (secondary N) is 2. The number of anilines is 1. The summed E-state index contributed by atoms with van der Waals surface area (Å²) in [6, 6.07) is 20.7. The number of H-pyrrole nitrogens is 1. The van der Waals surface area contributed by atoms with E-state index in [0.717, 1.165) is 28.2 Å². The lowest BCUT2D eigenvalue weighted by atomic mass is 10.1. The van der Waals surface area contributed by atoms with Crippen molar-refractivity contribution in [3.8, 4) is 22.9 Å². The van der Waals surface area contributed by atoms with Crippen LogP contribution in [-0.4, -0.2) is 20.9 Å². The second-order valence-electron chi connectivity index (χ2n) is 6.94. The predicted octanol–water partition coefficient (Wildman–Crippen LogP) is 5.66. The number of pyridine rings is 1. The molecule has 31 heavy (non-hydrogen) atoms. The maximum Gasteiger partial charge on any atom is 0.228 e. The number of nitrogens with zero attached hydrogens (tertiary/aromatic N) is 2. The zero-order chi connectivity index (χ0) is 21.0. The number of benzene rings is 2. The van der Waals surface area contributed by atoms with Crippen molar-refractivity contribution in [3.63, 3.8) is 0 Å². The Kier molecular flexibility index (Phi) is 5.16. The van der Waals surface area contributed by atoms with Crippen molar-refractivity contribution in [1.82, 2.24) is 15.0 Å². The van der Waals surface area contributed by atoms with Crippen LogP contribution in [0.2, 0.25) is 0 Å². The summed E-state index contributed by atoms with van der Waals surface area (Å²) in [6.07, 6.45) is 2.01. The number of imidazole rings is 1. The van der Waals surface area contributed by atoms with Gasteiger partial charge in [-0.15, -0.1) is 0 Å². The number of aromatic nitrogens is 3. The maximum absolute atomic E-state index is 12.2. The van der Waals surface area contributed by atoms with Crippen molar-refractivity contribution in [1.29, 1.82) is 0 Å². The second-order valence-corrected chi connectivity index (χ2v) is 7.72. The number of carbonyl (C=O) groups is 1. The molecule has 5 rings (SSSR count). The SMILES string of the molecule is O=C(Cc1ccccc1)Nc1ccc(Oc2ccnc3nc(-c4ccsc4)[nH]c23)cc1. The molecule has 3 heterocycles. The second kappa shape index (κ2) is 8.41. The Morgan fingerprint density at radius 3 is 2.65 bits per heavy atom. The van der Waals surface area contributed by atoms with Crippen LogP contribution in [0.15, 0.2) is 83.7 Å². The molecule has 2 N–H and O–H groups in total. The Balaban J connectivity index is 1.29. The molecule has 152 valence electrons. The number of ether oxygens (including phenoxy) is 1. The molecule has 0 aliphatic heterocycles. The summed E-state index contributed by atoms with van der Waals surface area (Å²) in [6.45, 7) is 0. The van der Waals surface area contributed by atoms with E-state index in [-0.39, 0.29) is 5.91 Å². The third kappa shape index (κ3) is 4.31. The molecule has 0 fully saturated rings. The Hall–Kier alpha value is -3.97. The van der Waals surface area contributed by atoms with E-state index in [4.69, 9.17) is 4.74 Å². The highest BCUT2D eigenvalue weighted by atomic mass is 32.1. The highest BCUT2D eigenvalue weighted by Crippen LogP contribution is 2.30. The Bertz CT molecular complexity index is 1310. The Morgan fingerprint density at radius 1 is 1.03 bits per heavy atom. The van der Waals surface area contributed by atoms with Gasteiger partial charge in [-0.05, 0) is 41.3 Å². The maximum atomic E-state index is 12.2. The quantitative estimate of drug-likeness (QED) is 0.367. The fourth-order valence-electron chi connectivity index (χ4n) is 3.23. The average molecular weight is 427 g/mol. The zero-order valence-corrected chi connectivity index (χ0v) is 17.2. The van der Waals surface area contributed by atoms with Crippen LogP contribution in [0, 0.1) is 0 Å². The largest absolute Gasteiger partial charge is 0.455 e. The smallest absolute Gasteiger partial charge is 0.228 e. The van der Waals surface area contributed by atoms with Crippen LogP contribution in [0.5, 0.6) is 11.5 Å². The summed E-state index contributed by atoms with van der Waals surface area (Å²) in [5, 5.41) is 6.95. The van der Waals surface area contributed by atoms with Gasteiger partial charge in [-0.25, -0.2) is 9.97 Å². The molecule has 6 nitrogen and oxygen atoms in total. The van der Waals surface area contributed by atoms with Gasteiger partial charge in [0.1, 0.15) is 17.1 Å².